The van der Waals surface area contributed by atoms with Crippen LogP contribution >= 0.6 is 11.6 Å². The fourth-order valence-corrected chi connectivity index (χ4v) is 4.31. The number of carbonyl (C=O) groups is 1. The van der Waals surface area contributed by atoms with E-state index in [9.17, 15) is 31.1 Å². The second-order valence-electron chi connectivity index (χ2n) is 8.41. The van der Waals surface area contributed by atoms with Crippen LogP contribution in [-0.4, -0.2) is 23.3 Å². The van der Waals surface area contributed by atoms with Crippen LogP contribution in [0.15, 0.2) is 77.9 Å². The van der Waals surface area contributed by atoms with E-state index < -0.39 is 39.9 Å². The summed E-state index contributed by atoms with van der Waals surface area (Å²) in [6.45, 7) is 1.75. The number of amides is 2. The topological polar surface area (TPSA) is 44.7 Å². The van der Waals surface area contributed by atoms with Gasteiger partial charge in [0.05, 0.1) is 33.8 Å². The monoisotopic (exact) mass is 525 g/mol. The second kappa shape index (κ2) is 9.16. The molecule has 1 atom stereocenters. The molecule has 188 valence electrons. The van der Waals surface area contributed by atoms with Crippen molar-refractivity contribution in [3.63, 3.8) is 0 Å². The molecular formula is C25H18ClF6N3O. The molecule has 1 N–H and O–H groups in total. The SMILES string of the molecule is CC1(c2ccccc2)CN(C(=O)Nc2cccc(C(F)(F)F)c2)N=C1c1ccc(C(F)(F)F)c(Cl)c1. The van der Waals surface area contributed by atoms with Crippen LogP contribution in [0.4, 0.5) is 36.8 Å². The Morgan fingerprint density at radius 2 is 1.64 bits per heavy atom. The van der Waals surface area contributed by atoms with E-state index in [1.54, 1.807) is 37.3 Å². The number of nitrogens with zero attached hydrogens (tertiary/aromatic N) is 2. The molecule has 0 saturated carbocycles. The molecule has 0 saturated heterocycles. The van der Waals surface area contributed by atoms with Crippen molar-refractivity contribution in [1.82, 2.24) is 5.01 Å². The predicted molar refractivity (Wildman–Crippen MR) is 124 cm³/mol. The average Bonchev–Trinajstić information content (AvgIpc) is 3.17. The fraction of sp³-hybridized carbons (Fsp3) is 0.200. The summed E-state index contributed by atoms with van der Waals surface area (Å²) < 4.78 is 78.7. The smallest absolute Gasteiger partial charge is 0.306 e. The highest BCUT2D eigenvalue weighted by Gasteiger charge is 2.43. The van der Waals surface area contributed by atoms with E-state index in [2.05, 4.69) is 10.4 Å². The Balaban J connectivity index is 1.71. The molecule has 0 aliphatic carbocycles. The Hall–Kier alpha value is -3.53. The summed E-state index contributed by atoms with van der Waals surface area (Å²) in [5, 5.41) is 7.28. The zero-order chi connectivity index (χ0) is 26.3. The lowest BCUT2D eigenvalue weighted by Crippen LogP contribution is -2.38. The molecule has 4 rings (SSSR count). The maximum atomic E-state index is 13.2. The first-order chi connectivity index (χ1) is 16.8. The molecule has 1 unspecified atom stereocenters. The summed E-state index contributed by atoms with van der Waals surface area (Å²) in [4.78, 5) is 13.0. The van der Waals surface area contributed by atoms with Gasteiger partial charge in [0.15, 0.2) is 0 Å². The first-order valence-electron chi connectivity index (χ1n) is 10.6. The molecule has 4 nitrogen and oxygen atoms in total. The van der Waals surface area contributed by atoms with E-state index in [1.165, 1.54) is 12.1 Å². The van der Waals surface area contributed by atoms with Crippen LogP contribution in [0.3, 0.4) is 0 Å². The molecule has 1 aliphatic heterocycles. The van der Waals surface area contributed by atoms with E-state index in [0.717, 1.165) is 40.9 Å². The third-order valence-electron chi connectivity index (χ3n) is 5.84. The minimum atomic E-state index is -4.65. The molecule has 2 amide bonds. The van der Waals surface area contributed by atoms with Gasteiger partial charge in [0.2, 0.25) is 0 Å². The van der Waals surface area contributed by atoms with Crippen LogP contribution in [0.5, 0.6) is 0 Å². The van der Waals surface area contributed by atoms with Crippen LogP contribution in [0, 0.1) is 0 Å². The molecule has 36 heavy (non-hydrogen) atoms. The first kappa shape index (κ1) is 25.6. The standard InChI is InChI=1S/C25H18ClF6N3O/c1-23(16-6-3-2-4-7-16)14-35(22(36)33-18-9-5-8-17(13-18)24(27,28)29)34-21(23)15-10-11-19(20(26)12-15)25(30,31)32/h2-13H,14H2,1H3,(H,33,36). The number of anilines is 1. The molecule has 1 aliphatic rings. The van der Waals surface area contributed by atoms with Gasteiger partial charge in [-0.2, -0.15) is 31.4 Å². The average molecular weight is 526 g/mol. The van der Waals surface area contributed by atoms with Gasteiger partial charge < -0.3 is 5.32 Å². The van der Waals surface area contributed by atoms with Crippen molar-refractivity contribution < 1.29 is 31.1 Å². The first-order valence-corrected chi connectivity index (χ1v) is 10.9. The second-order valence-corrected chi connectivity index (χ2v) is 8.81. The lowest BCUT2D eigenvalue weighted by Gasteiger charge is -2.27. The largest absolute Gasteiger partial charge is 0.417 e. The van der Waals surface area contributed by atoms with Gasteiger partial charge in [-0.25, -0.2) is 9.80 Å². The van der Waals surface area contributed by atoms with Gasteiger partial charge in [-0.3, -0.25) is 0 Å². The van der Waals surface area contributed by atoms with Crippen molar-refractivity contribution in [2.24, 2.45) is 5.10 Å². The maximum absolute atomic E-state index is 13.2. The van der Waals surface area contributed by atoms with Gasteiger partial charge in [0.25, 0.3) is 0 Å². The number of rotatable bonds is 3. The number of benzene rings is 3. The van der Waals surface area contributed by atoms with Crippen molar-refractivity contribution in [3.8, 4) is 0 Å². The molecule has 0 aromatic heterocycles. The fourth-order valence-electron chi connectivity index (χ4n) is 4.02. The maximum Gasteiger partial charge on any atom is 0.417 e. The molecule has 0 bridgehead atoms. The summed E-state index contributed by atoms with van der Waals surface area (Å²) in [6.07, 6.45) is -9.24. The van der Waals surface area contributed by atoms with Crippen molar-refractivity contribution in [2.75, 3.05) is 11.9 Å². The summed E-state index contributed by atoms with van der Waals surface area (Å²) in [5.74, 6) is 0. The number of nitrogens with one attached hydrogen (secondary N) is 1. The molecule has 1 heterocycles. The third-order valence-corrected chi connectivity index (χ3v) is 6.16. The van der Waals surface area contributed by atoms with E-state index >= 15 is 0 Å². The van der Waals surface area contributed by atoms with E-state index in [4.69, 9.17) is 11.6 Å². The summed E-state index contributed by atoms with van der Waals surface area (Å²) in [7, 11) is 0. The van der Waals surface area contributed by atoms with E-state index in [0.29, 0.717) is 0 Å². The minimum Gasteiger partial charge on any atom is -0.306 e. The number of hydrogen-bond acceptors (Lipinski definition) is 2. The summed E-state index contributed by atoms with van der Waals surface area (Å²) >= 11 is 5.93. The molecule has 3 aromatic carbocycles. The molecular weight excluding hydrogens is 508 g/mol. The van der Waals surface area contributed by atoms with Gasteiger partial charge in [-0.15, -0.1) is 0 Å². The van der Waals surface area contributed by atoms with Gasteiger partial charge in [-0.05, 0) is 42.8 Å². The Labute approximate surface area is 207 Å². The minimum absolute atomic E-state index is 0.0181. The highest BCUT2D eigenvalue weighted by atomic mass is 35.5. The van der Waals surface area contributed by atoms with E-state index in [1.807, 2.05) is 0 Å². The van der Waals surface area contributed by atoms with Crippen LogP contribution in [-0.2, 0) is 17.8 Å². The van der Waals surface area contributed by atoms with Gasteiger partial charge in [0.1, 0.15) is 0 Å². The Bertz CT molecular complexity index is 1320. The van der Waals surface area contributed by atoms with E-state index in [-0.39, 0.29) is 23.5 Å². The van der Waals surface area contributed by atoms with Crippen LogP contribution in [0.2, 0.25) is 5.02 Å². The predicted octanol–water partition coefficient (Wildman–Crippen LogP) is 7.59. The molecule has 0 radical (unpaired) electrons. The normalized spacial score (nSPS) is 18.2. The number of urea groups is 1. The molecule has 11 heteroatoms. The van der Waals surface area contributed by atoms with Crippen molar-refractivity contribution >= 4 is 29.0 Å². The Morgan fingerprint density at radius 1 is 0.944 bits per heavy atom. The van der Waals surface area contributed by atoms with Gasteiger partial charge in [0, 0.05) is 11.3 Å². The van der Waals surface area contributed by atoms with Crippen molar-refractivity contribution in [3.05, 3.63) is 100 Å². The number of halogens is 7. The third kappa shape index (κ3) is 5.04. The summed E-state index contributed by atoms with van der Waals surface area (Å²) in [6, 6.07) is 15.4. The number of carbonyl (C=O) groups excluding carboxylic acids is 1. The van der Waals surface area contributed by atoms with Gasteiger partial charge in [-0.1, -0.05) is 54.1 Å². The molecule has 3 aromatic rings. The number of alkyl halides is 6. The summed E-state index contributed by atoms with van der Waals surface area (Å²) in [5.41, 5.74) is -1.69. The molecule has 0 fully saturated rings. The number of hydrogen-bond donors (Lipinski definition) is 1. The highest BCUT2D eigenvalue weighted by Crippen LogP contribution is 2.39. The van der Waals surface area contributed by atoms with Crippen molar-refractivity contribution in [1.29, 1.82) is 0 Å². The van der Waals surface area contributed by atoms with Crippen LogP contribution in [0.1, 0.15) is 29.2 Å². The number of hydrazone groups is 1. The Morgan fingerprint density at radius 3 is 2.25 bits per heavy atom. The zero-order valence-electron chi connectivity index (χ0n) is 18.6. The molecule has 0 spiro atoms. The highest BCUT2D eigenvalue weighted by molar-refractivity contribution is 6.32. The Kier molecular flexibility index (Phi) is 6.51. The quantitative estimate of drug-likeness (QED) is 0.352. The van der Waals surface area contributed by atoms with Crippen molar-refractivity contribution in [2.45, 2.75) is 24.7 Å². The zero-order valence-corrected chi connectivity index (χ0v) is 19.3. The van der Waals surface area contributed by atoms with Crippen LogP contribution in [0.25, 0.3) is 0 Å². The lowest BCUT2D eigenvalue weighted by molar-refractivity contribution is -0.138. The lowest BCUT2D eigenvalue weighted by atomic mass is 9.76. The van der Waals surface area contributed by atoms with Crippen LogP contribution < -0.4 is 5.32 Å². The van der Waals surface area contributed by atoms with Gasteiger partial charge >= 0.3 is 18.4 Å².